The van der Waals surface area contributed by atoms with E-state index < -0.39 is 5.91 Å². The van der Waals surface area contributed by atoms with Gasteiger partial charge in [-0.3, -0.25) is 9.78 Å². The zero-order chi connectivity index (χ0) is 20.5. The lowest BCUT2D eigenvalue weighted by Gasteiger charge is -2.05. The zero-order valence-corrected chi connectivity index (χ0v) is 17.4. The number of pyridine rings is 1. The number of nitrogens with zero attached hydrogens (tertiary/aromatic N) is 4. The number of rotatable bonds is 3. The van der Waals surface area contributed by atoms with E-state index in [9.17, 15) is 9.90 Å². The second-order valence-corrected chi connectivity index (χ2v) is 7.51. The fraction of sp³-hybridized carbons (Fsp3) is 0.0909. The Kier molecular flexibility index (Phi) is 4.98. The number of benzene rings is 2. The number of halogens is 1. The van der Waals surface area contributed by atoms with Crippen molar-refractivity contribution in [2.75, 3.05) is 0 Å². The van der Waals surface area contributed by atoms with Crippen LogP contribution in [-0.2, 0) is 7.05 Å². The first-order valence-electron chi connectivity index (χ1n) is 8.91. The third-order valence-corrected chi connectivity index (χ3v) is 5.28. The summed E-state index contributed by atoms with van der Waals surface area (Å²) in [5.41, 5.74) is 3.75. The summed E-state index contributed by atoms with van der Waals surface area (Å²) in [6.07, 6.45) is 0. The molecule has 2 aromatic heterocycles. The maximum atomic E-state index is 12.6. The van der Waals surface area contributed by atoms with Crippen LogP contribution in [0.15, 0.2) is 75.4 Å². The van der Waals surface area contributed by atoms with Crippen LogP contribution in [0, 0.1) is 6.92 Å². The Morgan fingerprint density at radius 3 is 2.52 bits per heavy atom. The Balaban J connectivity index is 1.64. The molecule has 144 valence electrons. The van der Waals surface area contributed by atoms with Crippen molar-refractivity contribution in [2.24, 2.45) is 17.3 Å². The number of azo groups is 1. The molecule has 0 radical (unpaired) electrons. The topological polar surface area (TPSA) is 79.8 Å². The number of hydrogen-bond acceptors (Lipinski definition) is 4. The van der Waals surface area contributed by atoms with Gasteiger partial charge in [0.25, 0.3) is 5.91 Å². The Bertz CT molecular complexity index is 1260. The molecule has 0 fully saturated rings. The third kappa shape index (κ3) is 3.56. The summed E-state index contributed by atoms with van der Waals surface area (Å²) >= 11 is 3.41. The number of aromatic nitrogens is 2. The smallest absolute Gasteiger partial charge is 0.297 e. The second-order valence-electron chi connectivity index (χ2n) is 6.59. The van der Waals surface area contributed by atoms with Crippen LogP contribution in [0.5, 0.6) is 5.88 Å². The molecule has 6 nitrogen and oxygen atoms in total. The average Bonchev–Trinajstić information content (AvgIpc) is 2.97. The van der Waals surface area contributed by atoms with Gasteiger partial charge in [-0.15, -0.1) is 10.2 Å². The van der Waals surface area contributed by atoms with Crippen LogP contribution in [0.1, 0.15) is 16.1 Å². The highest BCUT2D eigenvalue weighted by atomic mass is 79.9. The maximum absolute atomic E-state index is 12.6. The van der Waals surface area contributed by atoms with E-state index in [4.69, 9.17) is 0 Å². The number of carbonyl (C=O) groups is 1. The average molecular weight is 449 g/mol. The minimum atomic E-state index is -0.510. The standard InChI is InChI=1S/C22H17BrN4O2/c1-13-16(11-12-18(24-13)14-7-9-15(23)10-8-14)21(28)26-25-20-17-5-3-4-6-19(17)27(2)22(20)29/h3-12,29H,1-2H3. The molecule has 0 spiro atoms. The van der Waals surface area contributed by atoms with Crippen molar-refractivity contribution in [2.45, 2.75) is 6.92 Å². The fourth-order valence-corrected chi connectivity index (χ4v) is 3.44. The van der Waals surface area contributed by atoms with Gasteiger partial charge in [0.1, 0.15) is 0 Å². The van der Waals surface area contributed by atoms with E-state index in [0.717, 1.165) is 26.6 Å². The number of aryl methyl sites for hydroxylation is 2. The van der Waals surface area contributed by atoms with Gasteiger partial charge in [-0.25, -0.2) is 0 Å². The number of carbonyl (C=O) groups excluding carboxylic acids is 1. The Morgan fingerprint density at radius 2 is 1.79 bits per heavy atom. The van der Waals surface area contributed by atoms with Gasteiger partial charge < -0.3 is 9.67 Å². The molecule has 2 heterocycles. The molecule has 0 aliphatic rings. The summed E-state index contributed by atoms with van der Waals surface area (Å²) in [6, 6.07) is 18.7. The Morgan fingerprint density at radius 1 is 1.07 bits per heavy atom. The van der Waals surface area contributed by atoms with Crippen molar-refractivity contribution in [3.63, 3.8) is 0 Å². The van der Waals surface area contributed by atoms with Gasteiger partial charge in [0, 0.05) is 22.5 Å². The van der Waals surface area contributed by atoms with E-state index >= 15 is 0 Å². The molecular weight excluding hydrogens is 432 g/mol. The number of amides is 1. The molecule has 0 saturated carbocycles. The number of aromatic hydroxyl groups is 1. The van der Waals surface area contributed by atoms with Gasteiger partial charge in [0.2, 0.25) is 5.88 Å². The van der Waals surface area contributed by atoms with Crippen molar-refractivity contribution < 1.29 is 9.90 Å². The third-order valence-electron chi connectivity index (χ3n) is 4.75. The van der Waals surface area contributed by atoms with Gasteiger partial charge >= 0.3 is 0 Å². The molecule has 0 saturated heterocycles. The molecule has 4 aromatic rings. The van der Waals surface area contributed by atoms with Gasteiger partial charge in [0.05, 0.1) is 22.5 Å². The van der Waals surface area contributed by atoms with E-state index in [1.165, 1.54) is 0 Å². The molecule has 4 rings (SSSR count). The van der Waals surface area contributed by atoms with Crippen LogP contribution in [0.25, 0.3) is 22.2 Å². The molecule has 0 bridgehead atoms. The molecule has 0 aliphatic carbocycles. The van der Waals surface area contributed by atoms with Gasteiger partial charge in [-0.05, 0) is 37.3 Å². The van der Waals surface area contributed by atoms with Gasteiger partial charge in [-0.1, -0.05) is 46.3 Å². The number of para-hydroxylation sites is 1. The summed E-state index contributed by atoms with van der Waals surface area (Å²) in [5.74, 6) is -0.548. The molecule has 7 heteroatoms. The molecular formula is C22H17BrN4O2. The first kappa shape index (κ1) is 19.0. The first-order valence-corrected chi connectivity index (χ1v) is 9.71. The van der Waals surface area contributed by atoms with E-state index in [2.05, 4.69) is 31.1 Å². The lowest BCUT2D eigenvalue weighted by atomic mass is 10.1. The molecule has 1 amide bonds. The van der Waals surface area contributed by atoms with Crippen molar-refractivity contribution >= 4 is 38.4 Å². The lowest BCUT2D eigenvalue weighted by Crippen LogP contribution is -2.00. The van der Waals surface area contributed by atoms with E-state index in [1.54, 1.807) is 30.7 Å². The Labute approximate surface area is 175 Å². The summed E-state index contributed by atoms with van der Waals surface area (Å²) < 4.78 is 2.59. The summed E-state index contributed by atoms with van der Waals surface area (Å²) in [6.45, 7) is 1.76. The molecule has 1 N–H and O–H groups in total. The minimum absolute atomic E-state index is 0.0387. The van der Waals surface area contributed by atoms with Crippen molar-refractivity contribution in [3.05, 3.63) is 76.4 Å². The van der Waals surface area contributed by atoms with Crippen molar-refractivity contribution in [1.29, 1.82) is 0 Å². The largest absolute Gasteiger partial charge is 0.493 e. The van der Waals surface area contributed by atoms with Crippen molar-refractivity contribution in [3.8, 4) is 17.1 Å². The highest BCUT2D eigenvalue weighted by Gasteiger charge is 2.15. The molecule has 0 unspecified atom stereocenters. The number of hydrogen-bond donors (Lipinski definition) is 1. The molecule has 2 aromatic carbocycles. The predicted octanol–water partition coefficient (Wildman–Crippen LogP) is 5.94. The van der Waals surface area contributed by atoms with Crippen LogP contribution in [0.3, 0.4) is 0 Å². The normalized spacial score (nSPS) is 11.4. The Hall–Kier alpha value is -3.32. The van der Waals surface area contributed by atoms with Crippen LogP contribution in [0.2, 0.25) is 0 Å². The predicted molar refractivity (Wildman–Crippen MR) is 116 cm³/mol. The second kappa shape index (κ2) is 7.60. The van der Waals surface area contributed by atoms with Gasteiger partial charge in [-0.2, -0.15) is 0 Å². The summed E-state index contributed by atoms with van der Waals surface area (Å²) in [4.78, 5) is 17.1. The van der Waals surface area contributed by atoms with E-state index in [1.807, 2.05) is 48.5 Å². The van der Waals surface area contributed by atoms with Crippen LogP contribution >= 0.6 is 15.9 Å². The molecule has 0 atom stereocenters. The van der Waals surface area contributed by atoms with E-state index in [-0.39, 0.29) is 11.6 Å². The SMILES string of the molecule is Cc1nc(-c2ccc(Br)cc2)ccc1C(=O)N=Nc1c(O)n(C)c2ccccc12. The van der Waals surface area contributed by atoms with Crippen LogP contribution in [-0.4, -0.2) is 20.6 Å². The number of fused-ring (bicyclic) bond motifs is 1. The van der Waals surface area contributed by atoms with Crippen LogP contribution < -0.4 is 0 Å². The van der Waals surface area contributed by atoms with Crippen molar-refractivity contribution in [1.82, 2.24) is 9.55 Å². The first-order chi connectivity index (χ1) is 14.0. The van der Waals surface area contributed by atoms with E-state index in [0.29, 0.717) is 11.3 Å². The fourth-order valence-electron chi connectivity index (χ4n) is 3.18. The lowest BCUT2D eigenvalue weighted by molar-refractivity contribution is 0.0994. The zero-order valence-electron chi connectivity index (χ0n) is 15.8. The minimum Gasteiger partial charge on any atom is -0.493 e. The quantitative estimate of drug-likeness (QED) is 0.393. The molecule has 0 aliphatic heterocycles. The summed E-state index contributed by atoms with van der Waals surface area (Å²) in [7, 11) is 1.73. The van der Waals surface area contributed by atoms with Crippen LogP contribution in [0.4, 0.5) is 5.69 Å². The monoisotopic (exact) mass is 448 g/mol. The highest BCUT2D eigenvalue weighted by Crippen LogP contribution is 2.37. The van der Waals surface area contributed by atoms with Gasteiger partial charge in [0.15, 0.2) is 5.69 Å². The molecule has 29 heavy (non-hydrogen) atoms. The summed E-state index contributed by atoms with van der Waals surface area (Å²) in [5, 5.41) is 18.9. The highest BCUT2D eigenvalue weighted by molar-refractivity contribution is 9.10. The maximum Gasteiger partial charge on any atom is 0.297 e.